The maximum absolute atomic E-state index is 13.9. The molecule has 28 heavy (non-hydrogen) atoms. The van der Waals surface area contributed by atoms with Crippen molar-refractivity contribution in [1.29, 1.82) is 0 Å². The van der Waals surface area contributed by atoms with Gasteiger partial charge >= 0.3 is 5.97 Å². The molecule has 1 saturated carbocycles. The van der Waals surface area contributed by atoms with Crippen LogP contribution in [-0.2, 0) is 19.1 Å². The number of amides is 1. The number of carbonyl (C=O) groups is 3. The standard InChI is InChI=1S/C22H29NO5/c1-12-6-10-20(2)8-4-5-9-21(20,3)15(12)16(24)14-17-22(27)13(19(26)28-17)7-11-23(22)18(14)25/h6,10,12-15,17,27H,4-5,7-9,11H2,1-3H3/t12-,13-,14-,15+,17-,20+,21+,22?/m0/s1. The first-order chi connectivity index (χ1) is 13.1. The minimum atomic E-state index is -1.64. The van der Waals surface area contributed by atoms with E-state index in [2.05, 4.69) is 26.0 Å². The van der Waals surface area contributed by atoms with Crippen LogP contribution in [0.1, 0.15) is 52.9 Å². The Balaban J connectivity index is 1.55. The first-order valence-corrected chi connectivity index (χ1v) is 10.6. The molecule has 1 N–H and O–H groups in total. The number of ketones is 1. The average molecular weight is 387 g/mol. The van der Waals surface area contributed by atoms with E-state index in [-0.39, 0.29) is 34.4 Å². The van der Waals surface area contributed by atoms with Crippen LogP contribution in [0.2, 0.25) is 0 Å². The molecule has 5 aliphatic rings. The normalized spacial score (nSPS) is 51.9. The van der Waals surface area contributed by atoms with E-state index in [0.717, 1.165) is 25.7 Å². The van der Waals surface area contributed by atoms with Crippen LogP contribution < -0.4 is 0 Å². The zero-order valence-corrected chi connectivity index (χ0v) is 16.8. The molecule has 8 atom stereocenters. The van der Waals surface area contributed by atoms with Crippen molar-refractivity contribution < 1.29 is 24.2 Å². The molecule has 3 saturated heterocycles. The molecule has 2 aliphatic carbocycles. The fourth-order valence-corrected chi connectivity index (χ4v) is 7.11. The molecule has 0 spiro atoms. The van der Waals surface area contributed by atoms with Crippen LogP contribution in [0.4, 0.5) is 0 Å². The number of esters is 1. The number of allylic oxidation sites excluding steroid dienone is 2. The molecule has 152 valence electrons. The van der Waals surface area contributed by atoms with Gasteiger partial charge in [0.1, 0.15) is 11.8 Å². The highest BCUT2D eigenvalue weighted by molar-refractivity contribution is 6.07. The third kappa shape index (κ3) is 1.90. The zero-order chi connectivity index (χ0) is 20.1. The van der Waals surface area contributed by atoms with Crippen LogP contribution in [0.25, 0.3) is 0 Å². The highest BCUT2D eigenvalue weighted by Crippen LogP contribution is 2.61. The topological polar surface area (TPSA) is 83.9 Å². The number of Topliss-reactive ketones (excluding diaryl/α,β-unsaturated/α-hetero) is 1. The Morgan fingerprint density at radius 2 is 1.96 bits per heavy atom. The van der Waals surface area contributed by atoms with Gasteiger partial charge in [0.05, 0.1) is 0 Å². The Bertz CT molecular complexity index is 807. The Labute approximate surface area is 165 Å². The van der Waals surface area contributed by atoms with Crippen LogP contribution in [0, 0.1) is 34.5 Å². The minimum absolute atomic E-state index is 0.00876. The summed E-state index contributed by atoms with van der Waals surface area (Å²) in [5.41, 5.74) is -1.96. The van der Waals surface area contributed by atoms with Crippen LogP contribution >= 0.6 is 0 Å². The Morgan fingerprint density at radius 3 is 2.71 bits per heavy atom. The number of ether oxygens (including phenoxy) is 1. The van der Waals surface area contributed by atoms with Gasteiger partial charge in [0.25, 0.3) is 0 Å². The molecule has 3 aliphatic heterocycles. The van der Waals surface area contributed by atoms with Gasteiger partial charge in [-0.25, -0.2) is 0 Å². The highest BCUT2D eigenvalue weighted by atomic mass is 16.6. The van der Waals surface area contributed by atoms with Crippen LogP contribution in [-0.4, -0.2) is 46.0 Å². The molecule has 1 unspecified atom stereocenters. The van der Waals surface area contributed by atoms with Crippen molar-refractivity contribution in [2.75, 3.05) is 6.54 Å². The van der Waals surface area contributed by atoms with Crippen molar-refractivity contribution in [3.8, 4) is 0 Å². The second-order valence-electron chi connectivity index (χ2n) is 10.1. The zero-order valence-electron chi connectivity index (χ0n) is 16.8. The average Bonchev–Trinajstić information content (AvgIpc) is 3.18. The summed E-state index contributed by atoms with van der Waals surface area (Å²) in [4.78, 5) is 40.7. The lowest BCUT2D eigenvalue weighted by molar-refractivity contribution is -0.153. The minimum Gasteiger partial charge on any atom is -0.455 e. The predicted octanol–water partition coefficient (Wildman–Crippen LogP) is 2.06. The predicted molar refractivity (Wildman–Crippen MR) is 99.6 cm³/mol. The third-order valence-electron chi connectivity index (χ3n) is 8.91. The second kappa shape index (κ2) is 5.47. The van der Waals surface area contributed by atoms with E-state index < -0.39 is 29.6 Å². The number of carbonyl (C=O) groups excluding carboxylic acids is 3. The molecular formula is C22H29NO5. The van der Waals surface area contributed by atoms with Crippen LogP contribution in [0.5, 0.6) is 0 Å². The fourth-order valence-electron chi connectivity index (χ4n) is 7.11. The van der Waals surface area contributed by atoms with E-state index in [1.807, 2.05) is 6.92 Å². The summed E-state index contributed by atoms with van der Waals surface area (Å²) in [6.07, 6.45) is 7.92. The molecule has 0 aromatic rings. The molecule has 5 rings (SSSR count). The van der Waals surface area contributed by atoms with Crippen molar-refractivity contribution >= 4 is 17.7 Å². The molecule has 0 bridgehead atoms. The van der Waals surface area contributed by atoms with Gasteiger partial charge in [-0.15, -0.1) is 0 Å². The van der Waals surface area contributed by atoms with Gasteiger partial charge in [0.2, 0.25) is 5.91 Å². The SMILES string of the molecule is C[C@H]1C=C[C@@]2(C)CCCC[C@]2(C)[C@H]1C(=O)[C@@H]1C(=O)N2CC[C@H]3C(=O)O[C@@H]1C32O. The molecule has 3 heterocycles. The van der Waals surface area contributed by atoms with Crippen LogP contribution in [0.15, 0.2) is 12.2 Å². The molecule has 1 amide bonds. The molecule has 0 aromatic heterocycles. The van der Waals surface area contributed by atoms with Crippen molar-refractivity contribution in [1.82, 2.24) is 4.90 Å². The van der Waals surface area contributed by atoms with Crippen LogP contribution in [0.3, 0.4) is 0 Å². The lowest BCUT2D eigenvalue weighted by atomic mass is 9.47. The van der Waals surface area contributed by atoms with Crippen molar-refractivity contribution in [2.45, 2.75) is 64.7 Å². The van der Waals surface area contributed by atoms with E-state index in [4.69, 9.17) is 4.74 Å². The molecule has 6 nitrogen and oxygen atoms in total. The maximum atomic E-state index is 13.9. The summed E-state index contributed by atoms with van der Waals surface area (Å²) >= 11 is 0. The fraction of sp³-hybridized carbons (Fsp3) is 0.773. The number of nitrogens with zero attached hydrogens (tertiary/aromatic N) is 1. The van der Waals surface area contributed by atoms with Gasteiger partial charge in [-0.2, -0.15) is 0 Å². The summed E-state index contributed by atoms with van der Waals surface area (Å²) in [7, 11) is 0. The second-order valence-corrected chi connectivity index (χ2v) is 10.1. The first kappa shape index (κ1) is 18.3. The summed E-state index contributed by atoms with van der Waals surface area (Å²) in [5, 5.41) is 11.2. The van der Waals surface area contributed by atoms with Gasteiger partial charge in [-0.3, -0.25) is 14.4 Å². The number of aliphatic hydroxyl groups is 1. The monoisotopic (exact) mass is 387 g/mol. The maximum Gasteiger partial charge on any atom is 0.314 e. The molecule has 0 radical (unpaired) electrons. The Kier molecular flexibility index (Phi) is 3.58. The summed E-state index contributed by atoms with van der Waals surface area (Å²) in [6.45, 7) is 6.76. The smallest absolute Gasteiger partial charge is 0.314 e. The van der Waals surface area contributed by atoms with E-state index >= 15 is 0 Å². The number of fused-ring (bicyclic) bond motifs is 1. The molecular weight excluding hydrogens is 358 g/mol. The van der Waals surface area contributed by atoms with E-state index in [0.29, 0.717) is 13.0 Å². The van der Waals surface area contributed by atoms with E-state index in [1.54, 1.807) is 0 Å². The number of hydrogen-bond acceptors (Lipinski definition) is 5. The summed E-state index contributed by atoms with van der Waals surface area (Å²) in [5.74, 6) is -3.12. The number of hydrogen-bond donors (Lipinski definition) is 1. The van der Waals surface area contributed by atoms with Gasteiger partial charge in [0.15, 0.2) is 17.6 Å². The van der Waals surface area contributed by atoms with Crippen molar-refractivity contribution in [3.63, 3.8) is 0 Å². The van der Waals surface area contributed by atoms with Gasteiger partial charge in [0, 0.05) is 12.5 Å². The van der Waals surface area contributed by atoms with Gasteiger partial charge in [-0.05, 0) is 36.0 Å². The van der Waals surface area contributed by atoms with E-state index in [9.17, 15) is 19.5 Å². The molecule has 4 fully saturated rings. The third-order valence-corrected chi connectivity index (χ3v) is 8.91. The number of rotatable bonds is 2. The van der Waals surface area contributed by atoms with Crippen molar-refractivity contribution in [3.05, 3.63) is 12.2 Å². The first-order valence-electron chi connectivity index (χ1n) is 10.6. The van der Waals surface area contributed by atoms with Gasteiger partial charge in [-0.1, -0.05) is 45.8 Å². The molecule has 6 heteroatoms. The Hall–Kier alpha value is -1.69. The Morgan fingerprint density at radius 1 is 1.25 bits per heavy atom. The molecule has 0 aromatic carbocycles. The lowest BCUT2D eigenvalue weighted by Crippen LogP contribution is -2.54. The summed E-state index contributed by atoms with van der Waals surface area (Å²) < 4.78 is 5.46. The quantitative estimate of drug-likeness (QED) is 0.445. The van der Waals surface area contributed by atoms with E-state index in [1.165, 1.54) is 4.90 Å². The lowest BCUT2D eigenvalue weighted by Gasteiger charge is -2.56. The van der Waals surface area contributed by atoms with Gasteiger partial charge < -0.3 is 14.7 Å². The van der Waals surface area contributed by atoms with Crippen molar-refractivity contribution in [2.24, 2.45) is 34.5 Å². The highest BCUT2D eigenvalue weighted by Gasteiger charge is 2.74. The summed E-state index contributed by atoms with van der Waals surface area (Å²) in [6, 6.07) is 0. The largest absolute Gasteiger partial charge is 0.455 e.